The molecule has 514 valence electrons. The Bertz CT molecular complexity index is 1870. The SMILES string of the molecule is CC/C=C\C/C=C\C/C=C\C/C=C\C/C=C\C/C=C\C/C=C\C/C=C\C/C=C\CCCCCC(=O)OC(COC(=O)CCCCCCCCCCCCCCCCCCCCCCCCCCCCCCCCCCCC)COP(=O)(O)OCC[N+](C)(C)C. The summed E-state index contributed by atoms with van der Waals surface area (Å²) < 4.78 is 34.7. The Morgan fingerprint density at radius 3 is 0.955 bits per heavy atom. The molecule has 0 radical (unpaired) electrons. The molecule has 0 saturated heterocycles. The molecule has 0 bridgehead atoms. The molecule has 2 atom stereocenters. The fourth-order valence-corrected chi connectivity index (χ4v) is 11.2. The van der Waals surface area contributed by atoms with Crippen LogP contribution in [-0.4, -0.2) is 74.9 Å². The molecule has 0 fully saturated rings. The zero-order valence-electron chi connectivity index (χ0n) is 58.6. The van der Waals surface area contributed by atoms with Crippen molar-refractivity contribution in [3.8, 4) is 0 Å². The number of ether oxygens (including phenoxy) is 2. The van der Waals surface area contributed by atoms with E-state index in [2.05, 4.69) is 123 Å². The third-order valence-electron chi connectivity index (χ3n) is 16.1. The van der Waals surface area contributed by atoms with Crippen molar-refractivity contribution in [1.82, 2.24) is 0 Å². The Labute approximate surface area is 550 Å². The minimum absolute atomic E-state index is 0.0206. The number of rotatable bonds is 68. The molecule has 1 N–H and O–H groups in total. The maximum absolute atomic E-state index is 12.9. The van der Waals surface area contributed by atoms with E-state index in [1.807, 2.05) is 21.1 Å². The van der Waals surface area contributed by atoms with Gasteiger partial charge >= 0.3 is 19.8 Å². The lowest BCUT2D eigenvalue weighted by Gasteiger charge is -2.24. The summed E-state index contributed by atoms with van der Waals surface area (Å²) in [5.74, 6) is -0.830. The van der Waals surface area contributed by atoms with Crippen LogP contribution in [0.5, 0.6) is 0 Å². The summed E-state index contributed by atoms with van der Waals surface area (Å²) in [6.07, 6.45) is 97.9. The van der Waals surface area contributed by atoms with Gasteiger partial charge in [-0.2, -0.15) is 0 Å². The molecule has 0 aliphatic heterocycles. The fourth-order valence-electron chi connectivity index (χ4n) is 10.4. The van der Waals surface area contributed by atoms with Crippen LogP contribution in [0.1, 0.15) is 328 Å². The van der Waals surface area contributed by atoms with Gasteiger partial charge in [0.2, 0.25) is 0 Å². The standard InChI is InChI=1S/C79H140NO8P/c1-6-8-10-12-14-16-18-20-22-24-26-28-30-32-34-36-38-39-40-42-43-45-47-49-51-53-55-57-59-61-63-65-67-69-71-78(81)85-75-77(76-87-89(83,84)86-74-73-80(3,4)5)88-79(82)72-70-68-66-64-62-60-58-56-54-52-50-48-46-44-41-37-35-33-31-29-27-25-23-21-19-17-15-13-11-9-7-2/h9,11,15,17,21,23,27,29,33,35,41,44,48,50,54,56,60,62,77H,6-8,10,12-14,16,18-20,22,24-26,28,30-32,34,36-40,42-43,45-47,49,51-53,55,57-59,61,63-76H2,1-5H3/p+1/b11-9-,17-15-,23-21-,29-27-,35-33-,44-41-,50-48-,56-54-,62-60-. The van der Waals surface area contributed by atoms with E-state index in [1.54, 1.807) is 0 Å². The average Bonchev–Trinajstić information content (AvgIpc) is 3.60. The Morgan fingerprint density at radius 1 is 0.360 bits per heavy atom. The van der Waals surface area contributed by atoms with E-state index in [0.29, 0.717) is 17.4 Å². The summed E-state index contributed by atoms with van der Waals surface area (Å²) in [6.45, 7) is 4.31. The number of esters is 2. The third kappa shape index (κ3) is 73.6. The summed E-state index contributed by atoms with van der Waals surface area (Å²) in [5, 5.41) is 0. The highest BCUT2D eigenvalue weighted by Gasteiger charge is 2.27. The predicted molar refractivity (Wildman–Crippen MR) is 385 cm³/mol. The van der Waals surface area contributed by atoms with Crippen LogP contribution in [0.15, 0.2) is 109 Å². The molecule has 0 heterocycles. The largest absolute Gasteiger partial charge is 0.472 e. The molecule has 0 aromatic rings. The highest BCUT2D eigenvalue weighted by Crippen LogP contribution is 2.43. The number of allylic oxidation sites excluding steroid dienone is 18. The summed E-state index contributed by atoms with van der Waals surface area (Å²) >= 11 is 0. The zero-order valence-corrected chi connectivity index (χ0v) is 59.5. The summed E-state index contributed by atoms with van der Waals surface area (Å²) in [4.78, 5) is 35.9. The van der Waals surface area contributed by atoms with E-state index >= 15 is 0 Å². The predicted octanol–water partition coefficient (Wildman–Crippen LogP) is 24.4. The lowest BCUT2D eigenvalue weighted by Crippen LogP contribution is -2.37. The summed E-state index contributed by atoms with van der Waals surface area (Å²) in [6, 6.07) is 0. The highest BCUT2D eigenvalue weighted by atomic mass is 31.2. The average molecular weight is 1260 g/mol. The molecule has 10 heteroatoms. The molecule has 9 nitrogen and oxygen atoms in total. The Kier molecular flexibility index (Phi) is 66.4. The van der Waals surface area contributed by atoms with E-state index in [0.717, 1.165) is 96.3 Å². The van der Waals surface area contributed by atoms with Crippen molar-refractivity contribution in [2.75, 3.05) is 47.5 Å². The number of carbonyl (C=O) groups excluding carboxylic acids is 2. The highest BCUT2D eigenvalue weighted by molar-refractivity contribution is 7.47. The van der Waals surface area contributed by atoms with E-state index in [4.69, 9.17) is 18.5 Å². The minimum Gasteiger partial charge on any atom is -0.462 e. The Hall–Kier alpha value is -3.33. The van der Waals surface area contributed by atoms with Crippen LogP contribution in [0.2, 0.25) is 0 Å². The van der Waals surface area contributed by atoms with Crippen molar-refractivity contribution in [3.05, 3.63) is 109 Å². The molecular formula is C79H141NO8P+. The van der Waals surface area contributed by atoms with Crippen LogP contribution in [0.3, 0.4) is 0 Å². The molecule has 0 aliphatic rings. The number of carbonyl (C=O) groups is 2. The summed E-state index contributed by atoms with van der Waals surface area (Å²) in [5.41, 5.74) is 0. The third-order valence-corrected chi connectivity index (χ3v) is 17.1. The maximum Gasteiger partial charge on any atom is 0.472 e. The van der Waals surface area contributed by atoms with Gasteiger partial charge < -0.3 is 18.9 Å². The molecule has 0 rings (SSSR count). The topological polar surface area (TPSA) is 108 Å². The van der Waals surface area contributed by atoms with E-state index in [-0.39, 0.29) is 32.0 Å². The lowest BCUT2D eigenvalue weighted by atomic mass is 10.0. The number of hydrogen-bond donors (Lipinski definition) is 1. The van der Waals surface area contributed by atoms with Gasteiger partial charge in [0.15, 0.2) is 6.10 Å². The van der Waals surface area contributed by atoms with Crippen LogP contribution in [0, 0.1) is 0 Å². The van der Waals surface area contributed by atoms with Gasteiger partial charge in [-0.05, 0) is 83.5 Å². The van der Waals surface area contributed by atoms with E-state index < -0.39 is 26.5 Å². The minimum atomic E-state index is -4.41. The normalized spacial score (nSPS) is 13.7. The van der Waals surface area contributed by atoms with Gasteiger partial charge in [-0.3, -0.25) is 18.6 Å². The van der Waals surface area contributed by atoms with Crippen molar-refractivity contribution >= 4 is 19.8 Å². The molecule has 0 amide bonds. The van der Waals surface area contributed by atoms with Gasteiger partial charge in [-0.1, -0.05) is 342 Å². The van der Waals surface area contributed by atoms with Crippen molar-refractivity contribution in [1.29, 1.82) is 0 Å². The number of quaternary nitrogens is 1. The fraction of sp³-hybridized carbons (Fsp3) is 0.747. The number of unbranched alkanes of at least 4 members (excludes halogenated alkanes) is 36. The van der Waals surface area contributed by atoms with E-state index in [9.17, 15) is 19.0 Å². The van der Waals surface area contributed by atoms with Gasteiger partial charge in [0.1, 0.15) is 19.8 Å². The molecule has 0 aromatic carbocycles. The van der Waals surface area contributed by atoms with Crippen LogP contribution in [0.4, 0.5) is 0 Å². The maximum atomic E-state index is 12.9. The van der Waals surface area contributed by atoms with Gasteiger partial charge in [0.25, 0.3) is 0 Å². The Morgan fingerprint density at radius 2 is 0.640 bits per heavy atom. The van der Waals surface area contributed by atoms with Gasteiger partial charge in [-0.15, -0.1) is 0 Å². The van der Waals surface area contributed by atoms with Crippen molar-refractivity contribution < 1.29 is 42.1 Å². The van der Waals surface area contributed by atoms with Crippen LogP contribution >= 0.6 is 7.82 Å². The van der Waals surface area contributed by atoms with Gasteiger partial charge in [0.05, 0.1) is 27.7 Å². The molecule has 0 spiro atoms. The van der Waals surface area contributed by atoms with Crippen molar-refractivity contribution in [3.63, 3.8) is 0 Å². The molecule has 0 aliphatic carbocycles. The zero-order chi connectivity index (χ0) is 64.8. The second-order valence-corrected chi connectivity index (χ2v) is 27.4. The first kappa shape index (κ1) is 85.7. The van der Waals surface area contributed by atoms with Crippen LogP contribution in [0.25, 0.3) is 0 Å². The number of phosphoric ester groups is 1. The lowest BCUT2D eigenvalue weighted by molar-refractivity contribution is -0.870. The number of phosphoric acid groups is 1. The first-order chi connectivity index (χ1) is 43.5. The first-order valence-electron chi connectivity index (χ1n) is 37.1. The number of hydrogen-bond acceptors (Lipinski definition) is 7. The van der Waals surface area contributed by atoms with Gasteiger partial charge in [0, 0.05) is 12.8 Å². The van der Waals surface area contributed by atoms with Crippen molar-refractivity contribution in [2.45, 2.75) is 335 Å². The summed E-state index contributed by atoms with van der Waals surface area (Å²) in [7, 11) is 1.45. The monoisotopic (exact) mass is 1260 g/mol. The smallest absolute Gasteiger partial charge is 0.462 e. The van der Waals surface area contributed by atoms with Crippen LogP contribution < -0.4 is 0 Å². The Balaban J connectivity index is 4.07. The number of likely N-dealkylation sites (N-methyl/N-ethyl adjacent to an activating group) is 1. The number of nitrogens with zero attached hydrogens (tertiary/aromatic N) is 1. The molecule has 2 unspecified atom stereocenters. The first-order valence-corrected chi connectivity index (χ1v) is 38.6. The molecular weight excluding hydrogens is 1120 g/mol. The second kappa shape index (κ2) is 69.0. The second-order valence-electron chi connectivity index (χ2n) is 26.0. The van der Waals surface area contributed by atoms with Crippen molar-refractivity contribution in [2.24, 2.45) is 0 Å². The van der Waals surface area contributed by atoms with Gasteiger partial charge in [-0.25, -0.2) is 4.57 Å². The van der Waals surface area contributed by atoms with E-state index in [1.165, 1.54) is 199 Å². The molecule has 89 heavy (non-hydrogen) atoms. The molecule has 0 saturated carbocycles. The van der Waals surface area contributed by atoms with Crippen LogP contribution in [-0.2, 0) is 32.7 Å². The quantitative estimate of drug-likeness (QED) is 0.0211. The molecule has 0 aromatic heterocycles.